The number of sulfonamides is 1. The van der Waals surface area contributed by atoms with Crippen LogP contribution in [0.15, 0.2) is 59.5 Å². The van der Waals surface area contributed by atoms with Crippen molar-refractivity contribution in [1.82, 2.24) is 14.5 Å². The summed E-state index contributed by atoms with van der Waals surface area (Å²) in [6.07, 6.45) is 3.27. The Morgan fingerprint density at radius 1 is 1.07 bits per heavy atom. The van der Waals surface area contributed by atoms with Crippen molar-refractivity contribution in [2.75, 3.05) is 33.2 Å². The van der Waals surface area contributed by atoms with Crippen molar-refractivity contribution in [3.8, 4) is 0 Å². The van der Waals surface area contributed by atoms with Crippen molar-refractivity contribution < 1.29 is 13.2 Å². The van der Waals surface area contributed by atoms with Crippen LogP contribution < -0.4 is 4.72 Å². The average molecular weight is 414 g/mol. The highest BCUT2D eigenvalue weighted by Gasteiger charge is 2.19. The van der Waals surface area contributed by atoms with E-state index in [9.17, 15) is 13.2 Å². The molecular formula is C22H27N3O3S. The van der Waals surface area contributed by atoms with Gasteiger partial charge in [0.25, 0.3) is 0 Å². The Morgan fingerprint density at radius 3 is 2.38 bits per heavy atom. The van der Waals surface area contributed by atoms with Crippen LogP contribution in [0.2, 0.25) is 0 Å². The van der Waals surface area contributed by atoms with Gasteiger partial charge < -0.3 is 4.90 Å². The van der Waals surface area contributed by atoms with E-state index in [1.165, 1.54) is 30.3 Å². The summed E-state index contributed by atoms with van der Waals surface area (Å²) >= 11 is 0. The van der Waals surface area contributed by atoms with Crippen molar-refractivity contribution in [1.29, 1.82) is 0 Å². The van der Waals surface area contributed by atoms with Gasteiger partial charge in [-0.15, -0.1) is 0 Å². The summed E-state index contributed by atoms with van der Waals surface area (Å²) < 4.78 is 25.8. The van der Waals surface area contributed by atoms with E-state index in [2.05, 4.69) is 40.8 Å². The normalized spacial score (nSPS) is 15.7. The zero-order valence-corrected chi connectivity index (χ0v) is 17.7. The molecule has 1 N–H and O–H groups in total. The summed E-state index contributed by atoms with van der Waals surface area (Å²) in [4.78, 5) is 16.9. The zero-order valence-electron chi connectivity index (χ0n) is 16.8. The van der Waals surface area contributed by atoms with Gasteiger partial charge in [0.05, 0.1) is 4.90 Å². The predicted molar refractivity (Wildman–Crippen MR) is 115 cm³/mol. The van der Waals surface area contributed by atoms with Crippen LogP contribution in [0.5, 0.6) is 0 Å². The molecule has 6 nitrogen and oxygen atoms in total. The maximum absolute atomic E-state index is 12.5. The summed E-state index contributed by atoms with van der Waals surface area (Å²) in [7, 11) is -2.07. The van der Waals surface area contributed by atoms with Crippen LogP contribution in [0.3, 0.4) is 0 Å². The van der Waals surface area contributed by atoms with E-state index >= 15 is 0 Å². The third-order valence-electron chi connectivity index (χ3n) is 5.05. The number of nitrogens with zero attached hydrogens (tertiary/aromatic N) is 2. The van der Waals surface area contributed by atoms with Crippen LogP contribution in [-0.4, -0.2) is 57.4 Å². The smallest absolute Gasteiger partial charge is 0.246 e. The van der Waals surface area contributed by atoms with Gasteiger partial charge in [0.1, 0.15) is 0 Å². The van der Waals surface area contributed by atoms with Gasteiger partial charge in [-0.2, -0.15) is 0 Å². The summed E-state index contributed by atoms with van der Waals surface area (Å²) in [6, 6.07) is 14.9. The number of piperazine rings is 1. The van der Waals surface area contributed by atoms with Gasteiger partial charge in [0, 0.05) is 38.8 Å². The molecule has 0 atom stereocenters. The van der Waals surface area contributed by atoms with Gasteiger partial charge in [0.2, 0.25) is 15.9 Å². The second-order valence-corrected chi connectivity index (χ2v) is 9.09. The largest absolute Gasteiger partial charge is 0.337 e. The molecule has 1 saturated heterocycles. The van der Waals surface area contributed by atoms with E-state index in [0.29, 0.717) is 13.1 Å². The van der Waals surface area contributed by atoms with Crippen LogP contribution in [0.25, 0.3) is 6.08 Å². The SMILES string of the molecule is CNS(=O)(=O)c1ccc(/C=C/C(=O)N2CCN(Cc3cccc(C)c3)CC2)cc1. The van der Waals surface area contributed by atoms with Crippen LogP contribution >= 0.6 is 0 Å². The van der Waals surface area contributed by atoms with Gasteiger partial charge >= 0.3 is 0 Å². The first-order valence-electron chi connectivity index (χ1n) is 9.66. The molecule has 1 amide bonds. The molecule has 7 heteroatoms. The lowest BCUT2D eigenvalue weighted by atomic mass is 10.1. The topological polar surface area (TPSA) is 69.7 Å². The fourth-order valence-corrected chi connectivity index (χ4v) is 4.07. The first kappa shape index (κ1) is 21.2. The van der Waals surface area contributed by atoms with Gasteiger partial charge in [-0.3, -0.25) is 9.69 Å². The second kappa shape index (κ2) is 9.35. The monoisotopic (exact) mass is 413 g/mol. The summed E-state index contributed by atoms with van der Waals surface area (Å²) in [6.45, 7) is 6.11. The molecule has 0 unspecified atom stereocenters. The molecule has 0 saturated carbocycles. The number of hydrogen-bond donors (Lipinski definition) is 1. The van der Waals surface area contributed by atoms with E-state index in [1.807, 2.05) is 4.90 Å². The van der Waals surface area contributed by atoms with Gasteiger partial charge in [-0.1, -0.05) is 42.0 Å². The molecule has 29 heavy (non-hydrogen) atoms. The Labute approximate surface area is 172 Å². The van der Waals surface area contributed by atoms with E-state index in [4.69, 9.17) is 0 Å². The molecule has 0 bridgehead atoms. The van der Waals surface area contributed by atoms with Crippen LogP contribution in [0, 0.1) is 6.92 Å². The minimum atomic E-state index is -3.45. The molecule has 1 aliphatic rings. The van der Waals surface area contributed by atoms with Crippen molar-refractivity contribution in [2.24, 2.45) is 0 Å². The van der Waals surface area contributed by atoms with Crippen molar-refractivity contribution >= 4 is 22.0 Å². The molecule has 1 heterocycles. The molecule has 154 valence electrons. The molecule has 2 aromatic carbocycles. The van der Waals surface area contributed by atoms with Crippen molar-refractivity contribution in [3.05, 3.63) is 71.3 Å². The first-order chi connectivity index (χ1) is 13.9. The lowest BCUT2D eigenvalue weighted by Gasteiger charge is -2.34. The quantitative estimate of drug-likeness (QED) is 0.738. The fourth-order valence-electron chi connectivity index (χ4n) is 3.34. The second-order valence-electron chi connectivity index (χ2n) is 7.20. The third-order valence-corrected chi connectivity index (χ3v) is 6.48. The van der Waals surface area contributed by atoms with Gasteiger partial charge in [-0.05, 0) is 43.3 Å². The molecule has 1 aliphatic heterocycles. The minimum Gasteiger partial charge on any atom is -0.337 e. The van der Waals surface area contributed by atoms with E-state index in [1.54, 1.807) is 24.3 Å². The number of benzene rings is 2. The number of carbonyl (C=O) groups excluding carboxylic acids is 1. The molecule has 0 spiro atoms. The highest BCUT2D eigenvalue weighted by atomic mass is 32.2. The Hall–Kier alpha value is -2.48. The van der Waals surface area contributed by atoms with Crippen LogP contribution in [0.4, 0.5) is 0 Å². The van der Waals surface area contributed by atoms with Crippen molar-refractivity contribution in [3.63, 3.8) is 0 Å². The molecular weight excluding hydrogens is 386 g/mol. The predicted octanol–water partition coefficient (Wildman–Crippen LogP) is 2.26. The maximum atomic E-state index is 12.5. The molecule has 3 rings (SSSR count). The standard InChI is InChI=1S/C22H27N3O3S/c1-18-4-3-5-20(16-18)17-24-12-14-25(15-13-24)22(26)11-8-19-6-9-21(10-7-19)29(27,28)23-2/h3-11,16,23H,12-15,17H2,1-2H3/b11-8+. The Balaban J connectivity index is 1.51. The minimum absolute atomic E-state index is 0.0212. The van der Waals surface area contributed by atoms with Crippen LogP contribution in [-0.2, 0) is 21.4 Å². The zero-order chi connectivity index (χ0) is 20.9. The number of carbonyl (C=O) groups is 1. The maximum Gasteiger partial charge on any atom is 0.246 e. The first-order valence-corrected chi connectivity index (χ1v) is 11.1. The number of hydrogen-bond acceptors (Lipinski definition) is 4. The molecule has 0 radical (unpaired) electrons. The number of amides is 1. The highest BCUT2D eigenvalue weighted by Crippen LogP contribution is 2.13. The van der Waals surface area contributed by atoms with E-state index in [0.717, 1.165) is 25.2 Å². The average Bonchev–Trinajstić information content (AvgIpc) is 2.73. The molecule has 0 aromatic heterocycles. The Bertz CT molecular complexity index is 977. The molecule has 0 aliphatic carbocycles. The summed E-state index contributed by atoms with van der Waals surface area (Å²) in [5, 5.41) is 0. The highest BCUT2D eigenvalue weighted by molar-refractivity contribution is 7.89. The van der Waals surface area contributed by atoms with Gasteiger partial charge in [-0.25, -0.2) is 13.1 Å². The van der Waals surface area contributed by atoms with Crippen LogP contribution in [0.1, 0.15) is 16.7 Å². The fraction of sp³-hybridized carbons (Fsp3) is 0.318. The number of nitrogens with one attached hydrogen (secondary N) is 1. The lowest BCUT2D eigenvalue weighted by Crippen LogP contribution is -2.47. The number of rotatable bonds is 6. The summed E-state index contributed by atoms with van der Waals surface area (Å²) in [5.41, 5.74) is 3.35. The Kier molecular flexibility index (Phi) is 6.84. The third kappa shape index (κ3) is 5.76. The summed E-state index contributed by atoms with van der Waals surface area (Å²) in [5.74, 6) is -0.0212. The van der Waals surface area contributed by atoms with Gasteiger partial charge in [0.15, 0.2) is 0 Å². The van der Waals surface area contributed by atoms with Crippen molar-refractivity contribution in [2.45, 2.75) is 18.4 Å². The molecule has 1 fully saturated rings. The molecule has 2 aromatic rings. The van der Waals surface area contributed by atoms with E-state index in [-0.39, 0.29) is 10.8 Å². The lowest BCUT2D eigenvalue weighted by molar-refractivity contribution is -0.127. The van der Waals surface area contributed by atoms with E-state index < -0.39 is 10.0 Å². The Morgan fingerprint density at radius 2 is 1.76 bits per heavy atom. The number of aryl methyl sites for hydroxylation is 1.